The number of aromatic carboxylic acids is 1. The molecule has 17 heavy (non-hydrogen) atoms. The molecule has 0 saturated heterocycles. The summed E-state index contributed by atoms with van der Waals surface area (Å²) in [5.41, 5.74) is 1.10. The zero-order valence-electron chi connectivity index (χ0n) is 8.69. The third-order valence-electron chi connectivity index (χ3n) is 2.24. The van der Waals surface area contributed by atoms with Crippen LogP contribution in [-0.4, -0.2) is 26.1 Å². The zero-order valence-corrected chi connectivity index (χ0v) is 11.0. The number of hydrogen-bond donors (Lipinski definition) is 1. The number of aromatic nitrogens is 3. The molecule has 0 unspecified atom stereocenters. The van der Waals surface area contributed by atoms with Gasteiger partial charge in [0.1, 0.15) is 0 Å². The number of carboxylic acids is 1. The van der Waals surface area contributed by atoms with E-state index in [0.717, 1.165) is 0 Å². The first kappa shape index (κ1) is 12.1. The molecular weight excluding hydrogens is 309 g/mol. The minimum Gasteiger partial charge on any atom is -0.476 e. The van der Waals surface area contributed by atoms with Crippen LogP contribution < -0.4 is 0 Å². The molecule has 0 spiro atoms. The summed E-state index contributed by atoms with van der Waals surface area (Å²) in [5, 5.41) is 16.9. The largest absolute Gasteiger partial charge is 0.476 e. The Labute approximate surface area is 110 Å². The van der Waals surface area contributed by atoms with E-state index in [-0.39, 0.29) is 5.69 Å². The van der Waals surface area contributed by atoms with Crippen molar-refractivity contribution >= 4 is 33.5 Å². The highest BCUT2D eigenvalue weighted by Gasteiger charge is 2.16. The Bertz CT molecular complexity index is 597. The molecule has 88 valence electrons. The number of rotatable bonds is 2. The van der Waals surface area contributed by atoms with Gasteiger partial charge in [-0.1, -0.05) is 16.8 Å². The molecule has 1 heterocycles. The second kappa shape index (κ2) is 4.46. The van der Waals surface area contributed by atoms with Crippen molar-refractivity contribution in [2.75, 3.05) is 0 Å². The molecule has 0 aliphatic carbocycles. The van der Waals surface area contributed by atoms with Crippen molar-refractivity contribution in [1.82, 2.24) is 15.0 Å². The predicted molar refractivity (Wildman–Crippen MR) is 65.8 cm³/mol. The van der Waals surface area contributed by atoms with Crippen LogP contribution in [0.15, 0.2) is 22.7 Å². The van der Waals surface area contributed by atoms with Crippen LogP contribution in [0.5, 0.6) is 0 Å². The zero-order chi connectivity index (χ0) is 12.6. The molecule has 1 aromatic heterocycles. The lowest BCUT2D eigenvalue weighted by Gasteiger charge is -2.04. The van der Waals surface area contributed by atoms with Crippen LogP contribution in [0.25, 0.3) is 5.69 Å². The molecule has 2 aromatic rings. The number of benzene rings is 1. The van der Waals surface area contributed by atoms with E-state index in [1.807, 2.05) is 0 Å². The molecule has 0 amide bonds. The van der Waals surface area contributed by atoms with Gasteiger partial charge in [-0.25, -0.2) is 9.48 Å². The monoisotopic (exact) mass is 315 g/mol. The fraction of sp³-hybridized carbons (Fsp3) is 0.100. The van der Waals surface area contributed by atoms with Crippen molar-refractivity contribution < 1.29 is 9.90 Å². The summed E-state index contributed by atoms with van der Waals surface area (Å²) >= 11 is 9.17. The molecule has 7 heteroatoms. The van der Waals surface area contributed by atoms with Gasteiger partial charge in [0.25, 0.3) is 0 Å². The molecule has 0 radical (unpaired) electrons. The van der Waals surface area contributed by atoms with Crippen LogP contribution in [0, 0.1) is 6.92 Å². The lowest BCUT2D eigenvalue weighted by Crippen LogP contribution is -2.02. The molecule has 1 aromatic carbocycles. The van der Waals surface area contributed by atoms with Gasteiger partial charge in [-0.2, -0.15) is 0 Å². The van der Waals surface area contributed by atoms with Crippen molar-refractivity contribution in [2.45, 2.75) is 6.92 Å². The summed E-state index contributed by atoms with van der Waals surface area (Å²) in [6.07, 6.45) is 0. The minimum atomic E-state index is -1.10. The Morgan fingerprint density at radius 3 is 2.76 bits per heavy atom. The van der Waals surface area contributed by atoms with E-state index in [0.29, 0.717) is 20.9 Å². The highest BCUT2D eigenvalue weighted by Crippen LogP contribution is 2.25. The molecule has 0 fully saturated rings. The highest BCUT2D eigenvalue weighted by molar-refractivity contribution is 9.10. The summed E-state index contributed by atoms with van der Waals surface area (Å²) in [4.78, 5) is 10.8. The molecule has 0 bridgehead atoms. The van der Waals surface area contributed by atoms with Gasteiger partial charge in [0.2, 0.25) is 0 Å². The summed E-state index contributed by atoms with van der Waals surface area (Å²) in [6.45, 7) is 1.64. The maximum atomic E-state index is 10.8. The van der Waals surface area contributed by atoms with Gasteiger partial charge in [0.05, 0.1) is 16.4 Å². The van der Waals surface area contributed by atoms with E-state index < -0.39 is 5.97 Å². The third kappa shape index (κ3) is 2.18. The van der Waals surface area contributed by atoms with Crippen LogP contribution in [-0.2, 0) is 0 Å². The van der Waals surface area contributed by atoms with Crippen molar-refractivity contribution in [3.05, 3.63) is 39.1 Å². The SMILES string of the molecule is Cc1c(C(=O)O)nnn1-c1ccc(Cl)c(Br)c1. The first-order valence-electron chi connectivity index (χ1n) is 4.61. The van der Waals surface area contributed by atoms with Crippen LogP contribution in [0.2, 0.25) is 5.02 Å². The quantitative estimate of drug-likeness (QED) is 0.925. The van der Waals surface area contributed by atoms with Gasteiger partial charge >= 0.3 is 5.97 Å². The number of nitrogens with zero attached hydrogens (tertiary/aromatic N) is 3. The Kier molecular flexibility index (Phi) is 3.17. The van der Waals surface area contributed by atoms with Crippen LogP contribution in [0.4, 0.5) is 0 Å². The highest BCUT2D eigenvalue weighted by atomic mass is 79.9. The third-order valence-corrected chi connectivity index (χ3v) is 3.46. The van der Waals surface area contributed by atoms with Crippen LogP contribution in [0.3, 0.4) is 0 Å². The maximum absolute atomic E-state index is 10.8. The van der Waals surface area contributed by atoms with Crippen molar-refractivity contribution in [1.29, 1.82) is 0 Å². The molecular formula is C10H7BrClN3O2. The van der Waals surface area contributed by atoms with E-state index in [1.54, 1.807) is 25.1 Å². The lowest BCUT2D eigenvalue weighted by atomic mass is 10.3. The van der Waals surface area contributed by atoms with Crippen LogP contribution in [0.1, 0.15) is 16.2 Å². The van der Waals surface area contributed by atoms with Gasteiger partial charge in [-0.3, -0.25) is 0 Å². The minimum absolute atomic E-state index is 0.0592. The second-order valence-corrected chi connectivity index (χ2v) is 4.60. The molecule has 5 nitrogen and oxygen atoms in total. The average Bonchev–Trinajstić information content (AvgIpc) is 2.64. The maximum Gasteiger partial charge on any atom is 0.358 e. The fourth-order valence-electron chi connectivity index (χ4n) is 1.39. The lowest BCUT2D eigenvalue weighted by molar-refractivity contribution is 0.0689. The first-order valence-corrected chi connectivity index (χ1v) is 5.79. The van der Waals surface area contributed by atoms with E-state index in [2.05, 4.69) is 26.2 Å². The number of halogens is 2. The smallest absolute Gasteiger partial charge is 0.358 e. The standard InChI is InChI=1S/C10H7BrClN3O2/c1-5-9(10(16)17)13-14-15(5)6-2-3-8(12)7(11)4-6/h2-4H,1H3,(H,16,17). The molecule has 0 aliphatic rings. The second-order valence-electron chi connectivity index (χ2n) is 3.34. The van der Waals surface area contributed by atoms with Crippen LogP contribution >= 0.6 is 27.5 Å². The van der Waals surface area contributed by atoms with Gasteiger partial charge in [-0.15, -0.1) is 5.10 Å². The van der Waals surface area contributed by atoms with Gasteiger partial charge in [-0.05, 0) is 41.1 Å². The molecule has 2 rings (SSSR count). The fourth-order valence-corrected chi connectivity index (χ4v) is 1.87. The van der Waals surface area contributed by atoms with Crippen molar-refractivity contribution in [2.24, 2.45) is 0 Å². The summed E-state index contributed by atoms with van der Waals surface area (Å²) in [5.74, 6) is -1.10. The van der Waals surface area contributed by atoms with E-state index >= 15 is 0 Å². The molecule has 0 saturated carbocycles. The molecule has 0 aliphatic heterocycles. The summed E-state index contributed by atoms with van der Waals surface area (Å²) in [7, 11) is 0. The van der Waals surface area contributed by atoms with Gasteiger partial charge < -0.3 is 5.11 Å². The van der Waals surface area contributed by atoms with E-state index in [9.17, 15) is 4.79 Å². The van der Waals surface area contributed by atoms with Crippen molar-refractivity contribution in [3.63, 3.8) is 0 Å². The normalized spacial score (nSPS) is 10.5. The summed E-state index contributed by atoms with van der Waals surface area (Å²) < 4.78 is 2.16. The Morgan fingerprint density at radius 1 is 1.53 bits per heavy atom. The average molecular weight is 317 g/mol. The molecule has 0 atom stereocenters. The molecule has 1 N–H and O–H groups in total. The Hall–Kier alpha value is -1.40. The number of carbonyl (C=O) groups is 1. The van der Waals surface area contributed by atoms with E-state index in [4.69, 9.17) is 16.7 Å². The first-order chi connectivity index (χ1) is 8.00. The number of carboxylic acid groups (broad SMARTS) is 1. The van der Waals surface area contributed by atoms with Gasteiger partial charge in [0, 0.05) is 4.47 Å². The number of hydrogen-bond acceptors (Lipinski definition) is 3. The Morgan fingerprint density at radius 2 is 2.24 bits per heavy atom. The Balaban J connectivity index is 2.53. The van der Waals surface area contributed by atoms with E-state index in [1.165, 1.54) is 4.68 Å². The van der Waals surface area contributed by atoms with Crippen molar-refractivity contribution in [3.8, 4) is 5.69 Å². The van der Waals surface area contributed by atoms with Gasteiger partial charge in [0.15, 0.2) is 5.69 Å². The summed E-state index contributed by atoms with van der Waals surface area (Å²) in [6, 6.07) is 5.18. The topological polar surface area (TPSA) is 68.0 Å². The predicted octanol–water partition coefficient (Wildman–Crippen LogP) is 2.69.